The first-order chi connectivity index (χ1) is 12.4. The van der Waals surface area contributed by atoms with Crippen LogP contribution in [-0.2, 0) is 10.2 Å². The lowest BCUT2D eigenvalue weighted by atomic mass is 9.70. The fourth-order valence-corrected chi connectivity index (χ4v) is 3.83. The van der Waals surface area contributed by atoms with Crippen molar-refractivity contribution in [2.24, 2.45) is 0 Å². The van der Waals surface area contributed by atoms with Gasteiger partial charge in [-0.05, 0) is 30.7 Å². The number of halogens is 1. The Hall–Kier alpha value is -2.37. The molecule has 1 fully saturated rings. The summed E-state index contributed by atoms with van der Waals surface area (Å²) in [5.41, 5.74) is 0.991. The fraction of sp³-hybridized carbons (Fsp3) is 0.333. The minimum atomic E-state index is -0.454. The van der Waals surface area contributed by atoms with E-state index < -0.39 is 5.41 Å². The second-order valence-electron chi connectivity index (χ2n) is 7.06. The summed E-state index contributed by atoms with van der Waals surface area (Å²) in [4.78, 5) is 26.0. The predicted molar refractivity (Wildman–Crippen MR) is 97.7 cm³/mol. The van der Waals surface area contributed by atoms with Gasteiger partial charge in [0.1, 0.15) is 12.3 Å². The molecule has 1 heterocycles. The average molecular weight is 390 g/mol. The first-order valence-electron chi connectivity index (χ1n) is 8.88. The Balaban J connectivity index is 0.00000261. The molecule has 3 N–H and O–H groups in total. The summed E-state index contributed by atoms with van der Waals surface area (Å²) in [7, 11) is 0. The molecule has 1 aliphatic heterocycles. The predicted octanol–water partition coefficient (Wildman–Crippen LogP) is -1.51. The number of rotatable bonds is 5. The number of hydrogen-bond donors (Lipinski definition) is 3. The van der Waals surface area contributed by atoms with Gasteiger partial charge in [-0.15, -0.1) is 0 Å². The zero-order valence-electron chi connectivity index (χ0n) is 15.2. The lowest BCUT2D eigenvalue weighted by molar-refractivity contribution is -0.897. The van der Waals surface area contributed by atoms with Gasteiger partial charge in [-0.1, -0.05) is 30.3 Å². The highest BCUT2D eigenvalue weighted by molar-refractivity contribution is 5.97. The Bertz CT molecular complexity index is 814. The highest BCUT2D eigenvalue weighted by Crippen LogP contribution is 2.33. The summed E-state index contributed by atoms with van der Waals surface area (Å²) >= 11 is 0. The van der Waals surface area contributed by atoms with Crippen molar-refractivity contribution in [2.45, 2.75) is 25.2 Å². The number of ketones is 2. The molecule has 0 unspecified atom stereocenters. The van der Waals surface area contributed by atoms with E-state index in [1.807, 2.05) is 30.3 Å². The van der Waals surface area contributed by atoms with E-state index >= 15 is 0 Å². The Morgan fingerprint density at radius 3 is 2.19 bits per heavy atom. The van der Waals surface area contributed by atoms with E-state index in [0.29, 0.717) is 12.1 Å². The van der Waals surface area contributed by atoms with Crippen LogP contribution in [0.15, 0.2) is 48.5 Å². The van der Waals surface area contributed by atoms with E-state index in [2.05, 4.69) is 0 Å². The number of carbonyl (C=O) groups excluding carboxylic acids is 2. The summed E-state index contributed by atoms with van der Waals surface area (Å²) in [5.74, 6) is -0.423. The van der Waals surface area contributed by atoms with Crippen molar-refractivity contribution in [1.82, 2.24) is 0 Å². The summed E-state index contributed by atoms with van der Waals surface area (Å²) in [6, 6.07) is 14.0. The average Bonchev–Trinajstić information content (AvgIpc) is 2.65. The zero-order chi connectivity index (χ0) is 18.7. The van der Waals surface area contributed by atoms with Crippen LogP contribution in [0.4, 0.5) is 0 Å². The van der Waals surface area contributed by atoms with Crippen LogP contribution in [0, 0.1) is 0 Å². The van der Waals surface area contributed by atoms with Gasteiger partial charge in [-0.2, -0.15) is 0 Å². The molecule has 2 aromatic carbocycles. The van der Waals surface area contributed by atoms with Crippen LogP contribution in [-0.4, -0.2) is 41.4 Å². The Kier molecular flexibility index (Phi) is 6.63. The number of carbonyl (C=O) groups is 2. The van der Waals surface area contributed by atoms with Crippen LogP contribution in [0.5, 0.6) is 11.5 Å². The summed E-state index contributed by atoms with van der Waals surface area (Å²) in [6.45, 7) is 3.45. The summed E-state index contributed by atoms with van der Waals surface area (Å²) in [6.07, 6.45) is 1.44. The highest BCUT2D eigenvalue weighted by atomic mass is 35.5. The van der Waals surface area contributed by atoms with E-state index in [4.69, 9.17) is 0 Å². The lowest BCUT2D eigenvalue weighted by Gasteiger charge is -2.38. The molecule has 27 heavy (non-hydrogen) atoms. The van der Waals surface area contributed by atoms with Crippen LogP contribution >= 0.6 is 0 Å². The van der Waals surface area contributed by atoms with Crippen molar-refractivity contribution in [1.29, 1.82) is 0 Å². The maximum Gasteiger partial charge on any atom is 0.216 e. The topological polar surface area (TPSA) is 79.0 Å². The number of aromatic hydroxyl groups is 2. The molecule has 0 saturated carbocycles. The molecule has 0 amide bonds. The quantitative estimate of drug-likeness (QED) is 0.429. The Labute approximate surface area is 165 Å². The number of Topliss-reactive ketones (excluding diaryl/α,β-unsaturated/α-hetero) is 2. The normalized spacial score (nSPS) is 21.9. The lowest BCUT2D eigenvalue weighted by Crippen LogP contribution is -3.14. The first kappa shape index (κ1) is 20.9. The van der Waals surface area contributed by atoms with Gasteiger partial charge in [0.05, 0.1) is 18.5 Å². The molecule has 0 bridgehead atoms. The number of benzene rings is 2. The van der Waals surface area contributed by atoms with E-state index in [1.54, 1.807) is 6.92 Å². The van der Waals surface area contributed by atoms with E-state index in [1.165, 1.54) is 18.2 Å². The summed E-state index contributed by atoms with van der Waals surface area (Å²) < 4.78 is 0. The van der Waals surface area contributed by atoms with Crippen molar-refractivity contribution < 1.29 is 37.1 Å². The number of piperidine rings is 1. The third-order valence-corrected chi connectivity index (χ3v) is 5.52. The molecule has 0 aromatic heterocycles. The van der Waals surface area contributed by atoms with E-state index in [0.717, 1.165) is 36.4 Å². The van der Waals surface area contributed by atoms with Gasteiger partial charge in [0.15, 0.2) is 11.5 Å². The molecule has 144 valence electrons. The van der Waals surface area contributed by atoms with E-state index in [9.17, 15) is 19.8 Å². The molecular weight excluding hydrogens is 366 g/mol. The van der Waals surface area contributed by atoms with Crippen molar-refractivity contribution in [3.63, 3.8) is 0 Å². The SMILES string of the molecule is CC(=O)C1(c2ccccc2)CC[NH+](CC(=O)c2ccc(O)c(O)c2)CC1.[Cl-]. The number of quaternary nitrogens is 1. The molecule has 3 rings (SSSR count). The van der Waals surface area contributed by atoms with Crippen LogP contribution in [0.1, 0.15) is 35.7 Å². The molecule has 0 spiro atoms. The third kappa shape index (κ3) is 4.31. The second-order valence-corrected chi connectivity index (χ2v) is 7.06. The van der Waals surface area contributed by atoms with Crippen LogP contribution in [0.2, 0.25) is 0 Å². The number of phenolic OH excluding ortho intramolecular Hbond substituents is 2. The molecule has 5 nitrogen and oxygen atoms in total. The van der Waals surface area contributed by atoms with Gasteiger partial charge in [0, 0.05) is 18.4 Å². The minimum Gasteiger partial charge on any atom is -1.00 e. The molecule has 0 radical (unpaired) electrons. The van der Waals surface area contributed by atoms with Crippen LogP contribution in [0.3, 0.4) is 0 Å². The number of nitrogens with one attached hydrogen (secondary N) is 1. The van der Waals surface area contributed by atoms with Gasteiger partial charge < -0.3 is 27.5 Å². The van der Waals surface area contributed by atoms with Crippen molar-refractivity contribution in [3.05, 3.63) is 59.7 Å². The van der Waals surface area contributed by atoms with Gasteiger partial charge >= 0.3 is 0 Å². The van der Waals surface area contributed by atoms with Crippen molar-refractivity contribution in [3.8, 4) is 11.5 Å². The van der Waals surface area contributed by atoms with Crippen LogP contribution in [0.25, 0.3) is 0 Å². The van der Waals surface area contributed by atoms with Gasteiger partial charge in [-0.3, -0.25) is 9.59 Å². The number of likely N-dealkylation sites (tertiary alicyclic amines) is 1. The standard InChI is InChI=1S/C21H23NO4.ClH/c1-15(23)21(17-5-3-2-4-6-17)9-11-22(12-10-21)14-20(26)16-7-8-18(24)19(25)13-16;/h2-8,13,24-25H,9-12,14H2,1H3;1H. The highest BCUT2D eigenvalue weighted by Gasteiger charge is 2.42. The minimum absolute atomic E-state index is 0. The van der Waals surface area contributed by atoms with Crippen molar-refractivity contribution in [2.75, 3.05) is 19.6 Å². The molecule has 6 heteroatoms. The van der Waals surface area contributed by atoms with Gasteiger partial charge in [0.2, 0.25) is 5.78 Å². The molecule has 0 aliphatic carbocycles. The molecule has 0 atom stereocenters. The smallest absolute Gasteiger partial charge is 0.216 e. The maximum absolute atomic E-state index is 12.5. The number of phenols is 2. The maximum atomic E-state index is 12.5. The van der Waals surface area contributed by atoms with E-state index in [-0.39, 0.29) is 35.5 Å². The zero-order valence-corrected chi connectivity index (χ0v) is 16.0. The van der Waals surface area contributed by atoms with Gasteiger partial charge in [0.25, 0.3) is 0 Å². The first-order valence-corrected chi connectivity index (χ1v) is 8.88. The summed E-state index contributed by atoms with van der Waals surface area (Å²) in [5, 5.41) is 18.9. The monoisotopic (exact) mass is 389 g/mol. The molecule has 1 aliphatic rings. The van der Waals surface area contributed by atoms with Crippen molar-refractivity contribution >= 4 is 11.6 Å². The second kappa shape index (κ2) is 8.55. The molecular formula is C21H24ClNO4. The van der Waals surface area contributed by atoms with Crippen LogP contribution < -0.4 is 17.3 Å². The Morgan fingerprint density at radius 1 is 1.00 bits per heavy atom. The molecule has 2 aromatic rings. The largest absolute Gasteiger partial charge is 1.00 e. The number of hydrogen-bond acceptors (Lipinski definition) is 4. The van der Waals surface area contributed by atoms with Gasteiger partial charge in [-0.25, -0.2) is 0 Å². The molecule has 1 saturated heterocycles. The fourth-order valence-electron chi connectivity index (χ4n) is 3.83. The third-order valence-electron chi connectivity index (χ3n) is 5.52. The Morgan fingerprint density at radius 2 is 1.63 bits per heavy atom.